The van der Waals surface area contributed by atoms with Crippen LogP contribution < -0.4 is 0 Å². The zero-order valence-corrected chi connectivity index (χ0v) is 8.76. The Bertz CT molecular complexity index is 147. The lowest BCUT2D eigenvalue weighted by Crippen LogP contribution is -2.32. The van der Waals surface area contributed by atoms with Crippen molar-refractivity contribution < 1.29 is 4.74 Å². The van der Waals surface area contributed by atoms with Gasteiger partial charge >= 0.3 is 0 Å². The Morgan fingerprint density at radius 2 is 2.17 bits per heavy atom. The molecule has 2 heteroatoms. The monoisotopic (exact) mass is 171 g/mol. The Morgan fingerprint density at radius 3 is 2.58 bits per heavy atom. The van der Waals surface area contributed by atoms with E-state index in [4.69, 9.17) is 4.74 Å². The summed E-state index contributed by atoms with van der Waals surface area (Å²) < 4.78 is 5.23. The molecule has 12 heavy (non-hydrogen) atoms. The van der Waals surface area contributed by atoms with Crippen LogP contribution in [0.2, 0.25) is 0 Å². The highest BCUT2D eigenvalue weighted by Gasteiger charge is 2.34. The summed E-state index contributed by atoms with van der Waals surface area (Å²) in [5.41, 5.74) is 0.402. The van der Waals surface area contributed by atoms with Gasteiger partial charge in [-0.15, -0.1) is 0 Å². The van der Waals surface area contributed by atoms with Crippen molar-refractivity contribution in [1.29, 1.82) is 0 Å². The third kappa shape index (κ3) is 2.20. The fourth-order valence-corrected chi connectivity index (χ4v) is 1.97. The molecule has 1 unspecified atom stereocenters. The molecular weight excluding hydrogens is 150 g/mol. The van der Waals surface area contributed by atoms with Crippen molar-refractivity contribution in [3.63, 3.8) is 0 Å². The van der Waals surface area contributed by atoms with Gasteiger partial charge in [0.25, 0.3) is 0 Å². The summed E-state index contributed by atoms with van der Waals surface area (Å²) in [6.07, 6.45) is 1.28. The van der Waals surface area contributed by atoms with Crippen LogP contribution in [0.15, 0.2) is 0 Å². The van der Waals surface area contributed by atoms with E-state index in [2.05, 4.69) is 25.7 Å². The van der Waals surface area contributed by atoms with Crippen molar-refractivity contribution in [1.82, 2.24) is 4.90 Å². The van der Waals surface area contributed by atoms with Crippen LogP contribution in [-0.4, -0.2) is 37.7 Å². The molecule has 1 aliphatic rings. The molecule has 0 amide bonds. The predicted molar refractivity (Wildman–Crippen MR) is 51.3 cm³/mol. The molecule has 0 aromatic carbocycles. The van der Waals surface area contributed by atoms with Gasteiger partial charge in [0, 0.05) is 25.1 Å². The van der Waals surface area contributed by atoms with Gasteiger partial charge < -0.3 is 9.64 Å². The molecule has 0 spiro atoms. The molecule has 0 saturated carbocycles. The fourth-order valence-electron chi connectivity index (χ4n) is 1.97. The van der Waals surface area contributed by atoms with E-state index in [-0.39, 0.29) is 0 Å². The summed E-state index contributed by atoms with van der Waals surface area (Å²) in [4.78, 5) is 2.53. The molecule has 1 heterocycles. The maximum Gasteiger partial charge on any atom is 0.0528 e. The molecule has 1 saturated heterocycles. The number of ether oxygens (including phenoxy) is 1. The van der Waals surface area contributed by atoms with Crippen molar-refractivity contribution >= 4 is 0 Å². The number of nitrogens with zero attached hydrogens (tertiary/aromatic N) is 1. The topological polar surface area (TPSA) is 12.5 Å². The molecule has 72 valence electrons. The zero-order valence-electron chi connectivity index (χ0n) is 8.76. The van der Waals surface area contributed by atoms with Crippen molar-refractivity contribution in [2.24, 2.45) is 5.41 Å². The van der Waals surface area contributed by atoms with Crippen LogP contribution in [0.3, 0.4) is 0 Å². The first-order valence-corrected chi connectivity index (χ1v) is 4.80. The van der Waals surface area contributed by atoms with Crippen LogP contribution in [-0.2, 0) is 4.74 Å². The maximum atomic E-state index is 5.23. The predicted octanol–water partition coefficient (Wildman–Crippen LogP) is 1.75. The highest BCUT2D eigenvalue weighted by Crippen LogP contribution is 2.30. The maximum absolute atomic E-state index is 5.23. The minimum absolute atomic E-state index is 0.402. The molecular formula is C10H21NO. The number of likely N-dealkylation sites (tertiary alicyclic amines) is 1. The summed E-state index contributed by atoms with van der Waals surface area (Å²) in [7, 11) is 1.79. The number of hydrogen-bond donors (Lipinski definition) is 0. The SMILES string of the molecule is COCC1(C)CCN(C(C)C)C1. The van der Waals surface area contributed by atoms with Gasteiger partial charge in [0.2, 0.25) is 0 Å². The van der Waals surface area contributed by atoms with E-state index >= 15 is 0 Å². The largest absolute Gasteiger partial charge is 0.384 e. The van der Waals surface area contributed by atoms with Gasteiger partial charge in [-0.25, -0.2) is 0 Å². The fraction of sp³-hybridized carbons (Fsp3) is 1.00. The number of rotatable bonds is 3. The van der Waals surface area contributed by atoms with Crippen LogP contribution in [0.1, 0.15) is 27.2 Å². The smallest absolute Gasteiger partial charge is 0.0528 e. The summed E-state index contributed by atoms with van der Waals surface area (Å²) in [6.45, 7) is 10.2. The molecule has 1 rings (SSSR count). The minimum atomic E-state index is 0.402. The Labute approximate surface area is 75.9 Å². The molecule has 0 aromatic rings. The Hall–Kier alpha value is -0.0800. The standard InChI is InChI=1S/C10H21NO/c1-9(2)11-6-5-10(3,7-11)8-12-4/h9H,5-8H2,1-4H3. The van der Waals surface area contributed by atoms with E-state index < -0.39 is 0 Å². The van der Waals surface area contributed by atoms with Crippen LogP contribution in [0, 0.1) is 5.41 Å². The lowest BCUT2D eigenvalue weighted by molar-refractivity contribution is 0.0929. The Morgan fingerprint density at radius 1 is 1.50 bits per heavy atom. The van der Waals surface area contributed by atoms with E-state index in [1.54, 1.807) is 7.11 Å². The number of hydrogen-bond acceptors (Lipinski definition) is 2. The van der Waals surface area contributed by atoms with Crippen molar-refractivity contribution in [2.45, 2.75) is 33.2 Å². The molecule has 1 fully saturated rings. The molecule has 0 bridgehead atoms. The van der Waals surface area contributed by atoms with Crippen LogP contribution in [0.5, 0.6) is 0 Å². The second kappa shape index (κ2) is 3.75. The van der Waals surface area contributed by atoms with Gasteiger partial charge in [0.05, 0.1) is 6.61 Å². The normalized spacial score (nSPS) is 31.8. The molecule has 0 radical (unpaired) electrons. The van der Waals surface area contributed by atoms with E-state index in [0.29, 0.717) is 11.5 Å². The van der Waals surface area contributed by atoms with Gasteiger partial charge in [-0.2, -0.15) is 0 Å². The third-order valence-electron chi connectivity index (χ3n) is 2.81. The van der Waals surface area contributed by atoms with Crippen molar-refractivity contribution in [3.05, 3.63) is 0 Å². The van der Waals surface area contributed by atoms with E-state index in [1.165, 1.54) is 19.5 Å². The molecule has 1 aliphatic heterocycles. The van der Waals surface area contributed by atoms with Crippen LogP contribution >= 0.6 is 0 Å². The second-order valence-corrected chi connectivity index (χ2v) is 4.56. The van der Waals surface area contributed by atoms with E-state index in [9.17, 15) is 0 Å². The first kappa shape index (κ1) is 10.0. The minimum Gasteiger partial charge on any atom is -0.384 e. The highest BCUT2D eigenvalue weighted by molar-refractivity contribution is 4.87. The Balaban J connectivity index is 2.43. The van der Waals surface area contributed by atoms with Crippen LogP contribution in [0.25, 0.3) is 0 Å². The van der Waals surface area contributed by atoms with E-state index in [1.807, 2.05) is 0 Å². The first-order chi connectivity index (χ1) is 5.57. The Kier molecular flexibility index (Phi) is 3.13. The average Bonchev–Trinajstić information content (AvgIpc) is 2.33. The van der Waals surface area contributed by atoms with Gasteiger partial charge in [-0.1, -0.05) is 6.92 Å². The summed E-state index contributed by atoms with van der Waals surface area (Å²) in [6, 6.07) is 0.684. The van der Waals surface area contributed by atoms with Crippen molar-refractivity contribution in [3.8, 4) is 0 Å². The molecule has 0 aliphatic carbocycles. The lowest BCUT2D eigenvalue weighted by atomic mass is 9.91. The molecule has 2 nitrogen and oxygen atoms in total. The average molecular weight is 171 g/mol. The molecule has 0 N–H and O–H groups in total. The van der Waals surface area contributed by atoms with Crippen molar-refractivity contribution in [2.75, 3.05) is 26.8 Å². The van der Waals surface area contributed by atoms with Gasteiger partial charge in [-0.05, 0) is 26.8 Å². The van der Waals surface area contributed by atoms with Gasteiger partial charge in [-0.3, -0.25) is 0 Å². The van der Waals surface area contributed by atoms with Gasteiger partial charge in [0.15, 0.2) is 0 Å². The number of methoxy groups -OCH3 is 1. The quantitative estimate of drug-likeness (QED) is 0.641. The second-order valence-electron chi connectivity index (χ2n) is 4.56. The zero-order chi connectivity index (χ0) is 9.19. The lowest BCUT2D eigenvalue weighted by Gasteiger charge is -2.25. The summed E-state index contributed by atoms with van der Waals surface area (Å²) in [5, 5.41) is 0. The summed E-state index contributed by atoms with van der Waals surface area (Å²) in [5.74, 6) is 0. The molecule has 0 aromatic heterocycles. The van der Waals surface area contributed by atoms with E-state index in [0.717, 1.165) is 6.61 Å². The van der Waals surface area contributed by atoms with Crippen LogP contribution in [0.4, 0.5) is 0 Å². The summed E-state index contributed by atoms with van der Waals surface area (Å²) >= 11 is 0. The first-order valence-electron chi connectivity index (χ1n) is 4.80. The highest BCUT2D eigenvalue weighted by atomic mass is 16.5. The van der Waals surface area contributed by atoms with Gasteiger partial charge in [0.1, 0.15) is 0 Å². The molecule has 1 atom stereocenters. The third-order valence-corrected chi connectivity index (χ3v) is 2.81.